The molecule has 16 heteroatoms. The SMILES string of the molecule is CN[C@@H]1[C@@H](O)[C@@H](O[C@@H]2[C@@H](O)[C@@H](O[C@H]3OC(CNCCO)=CC[C@H]3N)[C@@H](N)C[C@H]2NC(=O)[C@@H](O)CCN)OC[C@]1(C)O. The first-order valence-electron chi connectivity index (χ1n) is 14.0. The van der Waals surface area contributed by atoms with Crippen molar-refractivity contribution in [2.75, 3.05) is 39.9 Å². The number of carbonyl (C=O) groups excluding carboxylic acids is 1. The Balaban J connectivity index is 1.79. The largest absolute Gasteiger partial charge is 0.467 e. The van der Waals surface area contributed by atoms with Gasteiger partial charge in [0.2, 0.25) is 12.2 Å². The molecule has 0 aromatic heterocycles. The first-order valence-corrected chi connectivity index (χ1v) is 14.0. The summed E-state index contributed by atoms with van der Waals surface area (Å²) >= 11 is 0. The minimum absolute atomic E-state index is 0.0216. The molecule has 1 aliphatic carbocycles. The highest BCUT2D eigenvalue weighted by Crippen LogP contribution is 2.32. The van der Waals surface area contributed by atoms with Crippen LogP contribution in [0.2, 0.25) is 0 Å². The van der Waals surface area contributed by atoms with Crippen LogP contribution in [0.5, 0.6) is 0 Å². The van der Waals surface area contributed by atoms with E-state index in [0.717, 1.165) is 0 Å². The van der Waals surface area contributed by atoms with Crippen molar-refractivity contribution in [1.29, 1.82) is 0 Å². The molecule has 3 aliphatic rings. The Morgan fingerprint density at radius 2 is 1.90 bits per heavy atom. The Morgan fingerprint density at radius 3 is 2.56 bits per heavy atom. The monoisotopic (exact) mass is 592 g/mol. The standard InChI is InChI=1S/C25H48N6O10/c1-25(37)11-38-24(18(35)21(25)29-2)41-20-15(31-22(36)16(33)5-6-26)9-14(28)19(17(20)34)40-23-13(27)4-3-12(39-23)10-30-7-8-32/h3,13-21,23-24,29-30,32-35,37H,4-11,26-28H2,1-2H3,(H,31,36)/t13-,14+,15-,16+,17+,18-,19+,20+,21-,23-,24-,25+/m1/s1. The van der Waals surface area contributed by atoms with E-state index in [1.54, 1.807) is 7.05 Å². The summed E-state index contributed by atoms with van der Waals surface area (Å²) in [7, 11) is 1.57. The third kappa shape index (κ3) is 8.54. The zero-order valence-corrected chi connectivity index (χ0v) is 23.6. The number of nitrogens with one attached hydrogen (secondary N) is 3. The van der Waals surface area contributed by atoms with Gasteiger partial charge in [0.15, 0.2) is 6.29 Å². The molecule has 14 N–H and O–H groups in total. The summed E-state index contributed by atoms with van der Waals surface area (Å²) in [6, 6.07) is -3.12. The molecular weight excluding hydrogens is 544 g/mol. The highest BCUT2D eigenvalue weighted by Gasteiger charge is 2.51. The summed E-state index contributed by atoms with van der Waals surface area (Å²) in [4.78, 5) is 12.7. The topological polar surface area (TPSA) is 269 Å². The summed E-state index contributed by atoms with van der Waals surface area (Å²) in [6.07, 6.45) is -6.40. The summed E-state index contributed by atoms with van der Waals surface area (Å²) in [6.45, 7) is 2.07. The van der Waals surface area contributed by atoms with E-state index in [4.69, 9.17) is 41.3 Å². The van der Waals surface area contributed by atoms with Crippen LogP contribution in [0.25, 0.3) is 0 Å². The van der Waals surface area contributed by atoms with Crippen LogP contribution < -0.4 is 33.2 Å². The zero-order valence-electron chi connectivity index (χ0n) is 23.6. The van der Waals surface area contributed by atoms with Crippen molar-refractivity contribution < 1.29 is 49.3 Å². The van der Waals surface area contributed by atoms with Gasteiger partial charge in [-0.2, -0.15) is 0 Å². The minimum Gasteiger partial charge on any atom is -0.467 e. The second-order valence-corrected chi connectivity index (χ2v) is 11.0. The lowest BCUT2D eigenvalue weighted by Crippen LogP contribution is -2.69. The van der Waals surface area contributed by atoms with Crippen molar-refractivity contribution in [3.05, 3.63) is 11.8 Å². The summed E-state index contributed by atoms with van der Waals surface area (Å²) < 4.78 is 23.7. The lowest BCUT2D eigenvalue weighted by atomic mass is 9.83. The fourth-order valence-electron chi connectivity index (χ4n) is 5.38. The number of aliphatic hydroxyl groups is 5. The number of aliphatic hydroxyl groups excluding tert-OH is 4. The Morgan fingerprint density at radius 1 is 1.20 bits per heavy atom. The normalized spacial score (nSPS) is 40.4. The van der Waals surface area contributed by atoms with Gasteiger partial charge in [0.05, 0.1) is 37.9 Å². The molecule has 0 bridgehead atoms. The van der Waals surface area contributed by atoms with Crippen LogP contribution in [0, 0.1) is 0 Å². The molecule has 3 rings (SSSR count). The van der Waals surface area contributed by atoms with Crippen molar-refractivity contribution in [3.8, 4) is 0 Å². The van der Waals surface area contributed by atoms with Crippen LogP contribution in [0.15, 0.2) is 11.8 Å². The van der Waals surface area contributed by atoms with E-state index >= 15 is 0 Å². The molecule has 0 spiro atoms. The minimum atomic E-state index is -1.46. The van der Waals surface area contributed by atoms with Crippen LogP contribution in [-0.2, 0) is 23.7 Å². The average molecular weight is 593 g/mol. The Kier molecular flexibility index (Phi) is 12.7. The lowest BCUT2D eigenvalue weighted by Gasteiger charge is -2.48. The smallest absolute Gasteiger partial charge is 0.249 e. The predicted molar refractivity (Wildman–Crippen MR) is 145 cm³/mol. The first-order chi connectivity index (χ1) is 19.4. The first kappa shape index (κ1) is 34.0. The van der Waals surface area contributed by atoms with Crippen molar-refractivity contribution in [2.45, 2.75) is 99.1 Å². The molecule has 0 aromatic rings. The van der Waals surface area contributed by atoms with Crippen molar-refractivity contribution in [1.82, 2.24) is 16.0 Å². The highest BCUT2D eigenvalue weighted by atomic mass is 16.7. The number of likely N-dealkylation sites (N-methyl/N-ethyl adjacent to an activating group) is 1. The summed E-state index contributed by atoms with van der Waals surface area (Å²) in [5.41, 5.74) is 16.7. The van der Waals surface area contributed by atoms with E-state index < -0.39 is 78.8 Å². The van der Waals surface area contributed by atoms with E-state index in [9.17, 15) is 25.2 Å². The maximum atomic E-state index is 12.7. The van der Waals surface area contributed by atoms with Crippen LogP contribution in [0.4, 0.5) is 0 Å². The zero-order chi connectivity index (χ0) is 30.3. The van der Waals surface area contributed by atoms with Crippen molar-refractivity contribution >= 4 is 5.91 Å². The molecule has 2 fully saturated rings. The molecule has 2 aliphatic heterocycles. The number of carbonyl (C=O) groups is 1. The maximum Gasteiger partial charge on any atom is 0.249 e. The fourth-order valence-corrected chi connectivity index (χ4v) is 5.38. The second-order valence-electron chi connectivity index (χ2n) is 11.0. The van der Waals surface area contributed by atoms with Crippen molar-refractivity contribution in [2.24, 2.45) is 17.2 Å². The average Bonchev–Trinajstić information content (AvgIpc) is 2.91. The number of hydrogen-bond donors (Lipinski definition) is 11. The van der Waals surface area contributed by atoms with Crippen LogP contribution in [0.3, 0.4) is 0 Å². The molecule has 1 saturated carbocycles. The van der Waals surface area contributed by atoms with Gasteiger partial charge in [-0.3, -0.25) is 4.79 Å². The number of nitrogens with two attached hydrogens (primary N) is 3. The quantitative estimate of drug-likeness (QED) is 0.0891. The predicted octanol–water partition coefficient (Wildman–Crippen LogP) is -5.36. The highest BCUT2D eigenvalue weighted by molar-refractivity contribution is 5.80. The molecule has 2 heterocycles. The second kappa shape index (κ2) is 15.3. The van der Waals surface area contributed by atoms with Crippen molar-refractivity contribution in [3.63, 3.8) is 0 Å². The molecule has 12 atom stereocenters. The van der Waals surface area contributed by atoms with E-state index in [-0.39, 0.29) is 32.6 Å². The van der Waals surface area contributed by atoms with Crippen LogP contribution >= 0.6 is 0 Å². The van der Waals surface area contributed by atoms with E-state index in [2.05, 4.69) is 16.0 Å². The molecule has 238 valence electrons. The van der Waals surface area contributed by atoms with E-state index in [1.165, 1.54) is 6.92 Å². The molecule has 0 aromatic carbocycles. The summed E-state index contributed by atoms with van der Waals surface area (Å²) in [5, 5.41) is 60.7. The lowest BCUT2D eigenvalue weighted by molar-refractivity contribution is -0.304. The third-order valence-corrected chi connectivity index (χ3v) is 7.63. The molecule has 41 heavy (non-hydrogen) atoms. The summed E-state index contributed by atoms with van der Waals surface area (Å²) in [5.74, 6) is -0.170. The van der Waals surface area contributed by atoms with Gasteiger partial charge in [-0.1, -0.05) is 0 Å². The van der Waals surface area contributed by atoms with Gasteiger partial charge in [0.1, 0.15) is 41.9 Å². The number of amides is 1. The van der Waals surface area contributed by atoms with Crippen LogP contribution in [-0.4, -0.2) is 144 Å². The molecule has 0 unspecified atom stereocenters. The number of hydrogen-bond acceptors (Lipinski definition) is 15. The number of rotatable bonds is 13. The van der Waals surface area contributed by atoms with Gasteiger partial charge in [0.25, 0.3) is 0 Å². The van der Waals surface area contributed by atoms with Gasteiger partial charge in [0, 0.05) is 12.6 Å². The Labute approximate surface area is 239 Å². The van der Waals surface area contributed by atoms with Gasteiger partial charge in [-0.15, -0.1) is 0 Å². The molecular formula is C25H48N6O10. The Hall–Kier alpha value is -1.51. The van der Waals surface area contributed by atoms with Gasteiger partial charge in [-0.25, -0.2) is 0 Å². The third-order valence-electron chi connectivity index (χ3n) is 7.63. The Bertz CT molecular complexity index is 869. The number of ether oxygens (including phenoxy) is 4. The van der Waals surface area contributed by atoms with E-state index in [0.29, 0.717) is 25.3 Å². The fraction of sp³-hybridized carbons (Fsp3) is 0.880. The van der Waals surface area contributed by atoms with Gasteiger partial charge >= 0.3 is 0 Å². The van der Waals surface area contributed by atoms with E-state index in [1.807, 2.05) is 6.08 Å². The molecule has 0 radical (unpaired) electrons. The molecule has 16 nitrogen and oxygen atoms in total. The van der Waals surface area contributed by atoms with Gasteiger partial charge < -0.3 is 77.6 Å². The maximum absolute atomic E-state index is 12.7. The van der Waals surface area contributed by atoms with Crippen LogP contribution in [0.1, 0.15) is 26.2 Å². The molecule has 1 saturated heterocycles. The van der Waals surface area contributed by atoms with Gasteiger partial charge in [-0.05, 0) is 45.9 Å². The molecule has 1 amide bonds.